The fourth-order valence-corrected chi connectivity index (χ4v) is 2.05. The fourth-order valence-electron chi connectivity index (χ4n) is 2.05. The molecule has 0 aliphatic carbocycles. The van der Waals surface area contributed by atoms with Crippen LogP contribution >= 0.6 is 0 Å². The second-order valence-corrected chi connectivity index (χ2v) is 4.48. The molecule has 0 aliphatic rings. The highest BCUT2D eigenvalue weighted by molar-refractivity contribution is 5.94. The van der Waals surface area contributed by atoms with Crippen LogP contribution in [0.2, 0.25) is 0 Å². The van der Waals surface area contributed by atoms with Crippen LogP contribution in [-0.4, -0.2) is 22.3 Å². The van der Waals surface area contributed by atoms with Crippen LogP contribution in [0.15, 0.2) is 30.5 Å². The Balaban J connectivity index is 2.51. The molecule has 0 radical (unpaired) electrons. The summed E-state index contributed by atoms with van der Waals surface area (Å²) < 4.78 is 1.59. The maximum Gasteiger partial charge on any atom is 0.227 e. The molecule has 0 amide bonds. The Labute approximate surface area is 105 Å². The van der Waals surface area contributed by atoms with Crippen molar-refractivity contribution in [3.8, 4) is 0 Å². The molecule has 2 N–H and O–H groups in total. The monoisotopic (exact) mass is 244 g/mol. The van der Waals surface area contributed by atoms with Crippen molar-refractivity contribution >= 4 is 22.6 Å². The third-order valence-electron chi connectivity index (χ3n) is 3.10. The SMILES string of the molecule is CC(=O)[C@@H](N)Cc1cn(C(C)=O)c2ccccc12. The lowest BCUT2D eigenvalue weighted by Gasteiger charge is -2.05. The molecule has 94 valence electrons. The van der Waals surface area contributed by atoms with Gasteiger partial charge in [-0.15, -0.1) is 0 Å². The predicted octanol–water partition coefficient (Wildman–Crippen LogP) is 1.76. The van der Waals surface area contributed by atoms with E-state index in [4.69, 9.17) is 5.73 Å². The normalized spacial score (nSPS) is 12.6. The molecule has 1 aromatic heterocycles. The van der Waals surface area contributed by atoms with Crippen LogP contribution in [0.5, 0.6) is 0 Å². The van der Waals surface area contributed by atoms with Gasteiger partial charge in [0.05, 0.1) is 11.6 Å². The number of carbonyl (C=O) groups excluding carboxylic acids is 2. The first-order valence-electron chi connectivity index (χ1n) is 5.86. The van der Waals surface area contributed by atoms with E-state index >= 15 is 0 Å². The van der Waals surface area contributed by atoms with E-state index in [1.54, 1.807) is 10.8 Å². The van der Waals surface area contributed by atoms with Crippen molar-refractivity contribution in [2.24, 2.45) is 5.73 Å². The number of ketones is 1. The molecule has 0 saturated carbocycles. The molecule has 0 fully saturated rings. The first-order valence-corrected chi connectivity index (χ1v) is 5.86. The minimum absolute atomic E-state index is 0.0466. The molecule has 0 aliphatic heterocycles. The quantitative estimate of drug-likeness (QED) is 0.894. The number of nitrogens with two attached hydrogens (primary N) is 1. The molecule has 4 heteroatoms. The average Bonchev–Trinajstić information content (AvgIpc) is 2.68. The summed E-state index contributed by atoms with van der Waals surface area (Å²) in [5.41, 5.74) is 7.57. The van der Waals surface area contributed by atoms with Crippen LogP contribution in [0, 0.1) is 0 Å². The van der Waals surface area contributed by atoms with E-state index in [-0.39, 0.29) is 11.7 Å². The number of hydrogen-bond acceptors (Lipinski definition) is 3. The van der Waals surface area contributed by atoms with Gasteiger partial charge >= 0.3 is 0 Å². The molecule has 0 spiro atoms. The number of rotatable bonds is 3. The van der Waals surface area contributed by atoms with E-state index in [2.05, 4.69) is 0 Å². The van der Waals surface area contributed by atoms with Gasteiger partial charge < -0.3 is 5.73 Å². The zero-order chi connectivity index (χ0) is 13.3. The summed E-state index contributed by atoms with van der Waals surface area (Å²) >= 11 is 0. The lowest BCUT2D eigenvalue weighted by atomic mass is 10.0. The molecule has 2 aromatic rings. The largest absolute Gasteiger partial charge is 0.321 e. The summed E-state index contributed by atoms with van der Waals surface area (Å²) in [4.78, 5) is 22.8. The highest BCUT2D eigenvalue weighted by atomic mass is 16.1. The molecule has 0 saturated heterocycles. The number of benzene rings is 1. The summed E-state index contributed by atoms with van der Waals surface area (Å²) in [6.07, 6.45) is 2.23. The Bertz CT molecular complexity index is 613. The average molecular weight is 244 g/mol. The molecule has 1 atom stereocenters. The van der Waals surface area contributed by atoms with Crippen molar-refractivity contribution < 1.29 is 9.59 Å². The summed E-state index contributed by atoms with van der Waals surface area (Å²) in [7, 11) is 0. The minimum Gasteiger partial charge on any atom is -0.321 e. The van der Waals surface area contributed by atoms with Gasteiger partial charge in [0.15, 0.2) is 0 Å². The molecule has 0 bridgehead atoms. The van der Waals surface area contributed by atoms with Crippen LogP contribution < -0.4 is 5.73 Å². The smallest absolute Gasteiger partial charge is 0.227 e. The van der Waals surface area contributed by atoms with Gasteiger partial charge in [0.2, 0.25) is 5.91 Å². The van der Waals surface area contributed by atoms with Crippen LogP contribution in [-0.2, 0) is 11.2 Å². The molecule has 18 heavy (non-hydrogen) atoms. The topological polar surface area (TPSA) is 65.1 Å². The number of Topliss-reactive ketones (excluding diaryl/α,β-unsaturated/α-hetero) is 1. The highest BCUT2D eigenvalue weighted by Gasteiger charge is 2.15. The van der Waals surface area contributed by atoms with E-state index in [0.29, 0.717) is 6.42 Å². The third kappa shape index (κ3) is 2.19. The van der Waals surface area contributed by atoms with Gasteiger partial charge in [-0.05, 0) is 25.0 Å². The standard InChI is InChI=1S/C14H16N2O2/c1-9(17)13(15)7-11-8-16(10(2)18)14-6-4-3-5-12(11)14/h3-6,8,13H,7,15H2,1-2H3/t13-/m0/s1. The number of fused-ring (bicyclic) bond motifs is 1. The summed E-state index contributed by atoms with van der Waals surface area (Å²) in [5.74, 6) is -0.0940. The molecule has 1 aromatic carbocycles. The Morgan fingerprint density at radius 1 is 1.28 bits per heavy atom. The maximum atomic E-state index is 11.6. The molecule has 0 unspecified atom stereocenters. The van der Waals surface area contributed by atoms with Crippen molar-refractivity contribution in [3.05, 3.63) is 36.0 Å². The molecule has 4 nitrogen and oxygen atoms in total. The van der Waals surface area contributed by atoms with E-state index < -0.39 is 6.04 Å². The van der Waals surface area contributed by atoms with Gasteiger partial charge in [-0.3, -0.25) is 14.2 Å². The van der Waals surface area contributed by atoms with E-state index in [1.807, 2.05) is 24.3 Å². The van der Waals surface area contributed by atoms with Gasteiger partial charge in [0.1, 0.15) is 5.78 Å². The zero-order valence-corrected chi connectivity index (χ0v) is 10.5. The minimum atomic E-state index is -0.517. The first kappa shape index (κ1) is 12.5. The van der Waals surface area contributed by atoms with Crippen molar-refractivity contribution in [1.29, 1.82) is 0 Å². The van der Waals surface area contributed by atoms with Crippen molar-refractivity contribution in [2.45, 2.75) is 26.3 Å². The fraction of sp³-hybridized carbons (Fsp3) is 0.286. The number of carbonyl (C=O) groups is 2. The van der Waals surface area contributed by atoms with Gasteiger partial charge in [0.25, 0.3) is 0 Å². The molecular formula is C14H16N2O2. The summed E-state index contributed by atoms with van der Waals surface area (Å²) in [6, 6.07) is 7.11. The summed E-state index contributed by atoms with van der Waals surface area (Å²) in [6.45, 7) is 3.00. The third-order valence-corrected chi connectivity index (χ3v) is 3.10. The lowest BCUT2D eigenvalue weighted by molar-refractivity contribution is -0.118. The molecule has 1 heterocycles. The van der Waals surface area contributed by atoms with Gasteiger partial charge in [-0.2, -0.15) is 0 Å². The van der Waals surface area contributed by atoms with Gasteiger partial charge in [-0.1, -0.05) is 18.2 Å². The Hall–Kier alpha value is -1.94. The van der Waals surface area contributed by atoms with Crippen molar-refractivity contribution in [3.63, 3.8) is 0 Å². The van der Waals surface area contributed by atoms with Crippen molar-refractivity contribution in [1.82, 2.24) is 4.57 Å². The van der Waals surface area contributed by atoms with Gasteiger partial charge in [0, 0.05) is 18.5 Å². The first-order chi connectivity index (χ1) is 8.50. The molecular weight excluding hydrogens is 228 g/mol. The number of nitrogens with zero attached hydrogens (tertiary/aromatic N) is 1. The maximum absolute atomic E-state index is 11.6. The second-order valence-electron chi connectivity index (χ2n) is 4.48. The highest BCUT2D eigenvalue weighted by Crippen LogP contribution is 2.22. The van der Waals surface area contributed by atoms with Crippen LogP contribution in [0.4, 0.5) is 0 Å². The van der Waals surface area contributed by atoms with Crippen LogP contribution in [0.1, 0.15) is 24.2 Å². The zero-order valence-electron chi connectivity index (χ0n) is 10.5. The van der Waals surface area contributed by atoms with Gasteiger partial charge in [-0.25, -0.2) is 0 Å². The van der Waals surface area contributed by atoms with Crippen LogP contribution in [0.25, 0.3) is 10.9 Å². The Morgan fingerprint density at radius 2 is 1.94 bits per heavy atom. The number of para-hydroxylation sites is 1. The van der Waals surface area contributed by atoms with E-state index in [1.165, 1.54) is 13.8 Å². The molecule has 2 rings (SSSR count). The Kier molecular flexibility index (Phi) is 3.30. The lowest BCUT2D eigenvalue weighted by Crippen LogP contribution is -2.30. The van der Waals surface area contributed by atoms with Crippen molar-refractivity contribution in [2.75, 3.05) is 0 Å². The van der Waals surface area contributed by atoms with E-state index in [0.717, 1.165) is 16.5 Å². The second kappa shape index (κ2) is 4.74. The summed E-state index contributed by atoms with van der Waals surface area (Å²) in [5, 5.41) is 0.976. The Morgan fingerprint density at radius 3 is 2.56 bits per heavy atom. The number of aromatic nitrogens is 1. The number of hydrogen-bond donors (Lipinski definition) is 1. The predicted molar refractivity (Wildman–Crippen MR) is 70.6 cm³/mol. The van der Waals surface area contributed by atoms with Crippen LogP contribution in [0.3, 0.4) is 0 Å². The van der Waals surface area contributed by atoms with E-state index in [9.17, 15) is 9.59 Å².